The molecule has 1 unspecified atom stereocenters. The van der Waals surface area contributed by atoms with Crippen molar-refractivity contribution >= 4 is 5.95 Å². The highest BCUT2D eigenvalue weighted by molar-refractivity contribution is 5.34. The molecule has 1 heterocycles. The van der Waals surface area contributed by atoms with Gasteiger partial charge in [0.25, 0.3) is 0 Å². The summed E-state index contributed by atoms with van der Waals surface area (Å²) in [4.78, 5) is 4.42. The largest absolute Gasteiger partial charge is 0.356 e. The molecule has 3 nitrogen and oxygen atoms in total. The molecule has 2 aromatic rings. The Morgan fingerprint density at radius 1 is 1.32 bits per heavy atom. The average molecular weight is 257 g/mol. The average Bonchev–Trinajstić information content (AvgIpc) is 2.87. The van der Waals surface area contributed by atoms with E-state index in [1.54, 1.807) is 0 Å². The highest BCUT2D eigenvalue weighted by Crippen LogP contribution is 2.24. The highest BCUT2D eigenvalue weighted by Gasteiger charge is 2.13. The van der Waals surface area contributed by atoms with Crippen LogP contribution in [0, 0.1) is 6.92 Å². The van der Waals surface area contributed by atoms with E-state index < -0.39 is 0 Å². The number of rotatable bonds is 6. The Morgan fingerprint density at radius 3 is 2.84 bits per heavy atom. The lowest BCUT2D eigenvalue weighted by atomic mass is 10.0. The summed E-state index contributed by atoms with van der Waals surface area (Å²) < 4.78 is 2.21. The van der Waals surface area contributed by atoms with E-state index in [-0.39, 0.29) is 0 Å². The fraction of sp³-hybridized carbons (Fsp3) is 0.438. The van der Waals surface area contributed by atoms with Gasteiger partial charge in [-0.1, -0.05) is 37.6 Å². The first kappa shape index (κ1) is 13.7. The molecule has 2 rings (SSSR count). The first-order valence-electron chi connectivity index (χ1n) is 7.06. The van der Waals surface area contributed by atoms with E-state index in [0.717, 1.165) is 12.5 Å². The van der Waals surface area contributed by atoms with Gasteiger partial charge < -0.3 is 9.88 Å². The fourth-order valence-corrected chi connectivity index (χ4v) is 2.34. The van der Waals surface area contributed by atoms with Crippen LogP contribution >= 0.6 is 0 Å². The number of aromatic nitrogens is 2. The molecule has 0 saturated heterocycles. The molecule has 0 spiro atoms. The highest BCUT2D eigenvalue weighted by atomic mass is 15.2. The second-order valence-electron chi connectivity index (χ2n) is 4.97. The summed E-state index contributed by atoms with van der Waals surface area (Å²) in [7, 11) is 0. The van der Waals surface area contributed by atoms with Gasteiger partial charge in [0.15, 0.2) is 0 Å². The monoisotopic (exact) mass is 257 g/mol. The molecule has 1 aromatic heterocycles. The molecule has 0 aliphatic heterocycles. The Morgan fingerprint density at radius 2 is 2.11 bits per heavy atom. The molecule has 3 heteroatoms. The number of hydrogen-bond donors (Lipinski definition) is 1. The van der Waals surface area contributed by atoms with Crippen LogP contribution in [-0.4, -0.2) is 16.1 Å². The van der Waals surface area contributed by atoms with Crippen LogP contribution in [0.25, 0.3) is 0 Å². The van der Waals surface area contributed by atoms with Gasteiger partial charge in [-0.05, 0) is 31.4 Å². The Hall–Kier alpha value is -1.77. The van der Waals surface area contributed by atoms with Crippen LogP contribution in [0.5, 0.6) is 0 Å². The summed E-state index contributed by atoms with van der Waals surface area (Å²) in [5.41, 5.74) is 2.67. The fourth-order valence-electron chi connectivity index (χ4n) is 2.34. The number of aryl methyl sites for hydroxylation is 1. The SMILES string of the molecule is CCCCNc1nccn1C(C)c1ccccc1C. The van der Waals surface area contributed by atoms with E-state index >= 15 is 0 Å². The minimum Gasteiger partial charge on any atom is -0.356 e. The summed E-state index contributed by atoms with van der Waals surface area (Å²) in [5.74, 6) is 0.962. The van der Waals surface area contributed by atoms with Gasteiger partial charge in [-0.15, -0.1) is 0 Å². The van der Waals surface area contributed by atoms with Crippen LogP contribution < -0.4 is 5.32 Å². The number of anilines is 1. The molecule has 0 fully saturated rings. The van der Waals surface area contributed by atoms with Gasteiger partial charge in [-0.25, -0.2) is 4.98 Å². The minimum atomic E-state index is 0.299. The van der Waals surface area contributed by atoms with Crippen molar-refractivity contribution in [2.45, 2.75) is 39.7 Å². The number of nitrogens with one attached hydrogen (secondary N) is 1. The Balaban J connectivity index is 2.18. The maximum atomic E-state index is 4.42. The van der Waals surface area contributed by atoms with Gasteiger partial charge in [0.05, 0.1) is 6.04 Å². The zero-order valence-corrected chi connectivity index (χ0v) is 12.1. The van der Waals surface area contributed by atoms with Crippen LogP contribution in [-0.2, 0) is 0 Å². The van der Waals surface area contributed by atoms with Gasteiger partial charge in [0.2, 0.25) is 5.95 Å². The van der Waals surface area contributed by atoms with Crippen molar-refractivity contribution < 1.29 is 0 Å². The van der Waals surface area contributed by atoms with Crippen LogP contribution in [0.1, 0.15) is 43.9 Å². The smallest absolute Gasteiger partial charge is 0.203 e. The molecule has 0 bridgehead atoms. The summed E-state index contributed by atoms with van der Waals surface area (Å²) in [6, 6.07) is 8.83. The van der Waals surface area contributed by atoms with Gasteiger partial charge >= 0.3 is 0 Å². The molecular weight excluding hydrogens is 234 g/mol. The standard InChI is InChI=1S/C16H23N3/c1-4-5-10-17-16-18-11-12-19(16)14(3)15-9-7-6-8-13(15)2/h6-9,11-12,14H,4-5,10H2,1-3H3,(H,17,18). The zero-order valence-electron chi connectivity index (χ0n) is 12.1. The lowest BCUT2D eigenvalue weighted by Crippen LogP contribution is -2.13. The molecule has 0 saturated carbocycles. The Labute approximate surface area is 115 Å². The minimum absolute atomic E-state index is 0.299. The van der Waals surface area contributed by atoms with Crippen molar-refractivity contribution in [3.63, 3.8) is 0 Å². The van der Waals surface area contributed by atoms with E-state index in [4.69, 9.17) is 0 Å². The normalized spacial score (nSPS) is 12.4. The molecule has 102 valence electrons. The molecule has 1 aromatic carbocycles. The van der Waals surface area contributed by atoms with Gasteiger partial charge in [-0.2, -0.15) is 0 Å². The van der Waals surface area contributed by atoms with E-state index in [2.05, 4.69) is 59.9 Å². The molecule has 19 heavy (non-hydrogen) atoms. The number of imidazole rings is 1. The third kappa shape index (κ3) is 3.16. The van der Waals surface area contributed by atoms with Crippen molar-refractivity contribution in [1.82, 2.24) is 9.55 Å². The van der Waals surface area contributed by atoms with Crippen molar-refractivity contribution in [1.29, 1.82) is 0 Å². The van der Waals surface area contributed by atoms with E-state index in [0.29, 0.717) is 6.04 Å². The summed E-state index contributed by atoms with van der Waals surface area (Å²) in [6.07, 6.45) is 6.28. The van der Waals surface area contributed by atoms with Crippen molar-refractivity contribution in [2.24, 2.45) is 0 Å². The quantitative estimate of drug-likeness (QED) is 0.792. The van der Waals surface area contributed by atoms with Gasteiger partial charge in [-0.3, -0.25) is 0 Å². The molecule has 0 aliphatic rings. The van der Waals surface area contributed by atoms with E-state index in [9.17, 15) is 0 Å². The second-order valence-corrected chi connectivity index (χ2v) is 4.97. The molecule has 1 N–H and O–H groups in total. The van der Waals surface area contributed by atoms with Gasteiger partial charge in [0, 0.05) is 18.9 Å². The topological polar surface area (TPSA) is 29.9 Å². The number of benzene rings is 1. The molecule has 0 aliphatic carbocycles. The first-order chi connectivity index (χ1) is 9.24. The van der Waals surface area contributed by atoms with E-state index in [1.807, 2.05) is 12.4 Å². The Bertz CT molecular complexity index is 516. The maximum Gasteiger partial charge on any atom is 0.203 e. The summed E-state index contributed by atoms with van der Waals surface area (Å²) >= 11 is 0. The number of unbranched alkanes of at least 4 members (excludes halogenated alkanes) is 1. The second kappa shape index (κ2) is 6.41. The molecule has 0 amide bonds. The first-order valence-corrected chi connectivity index (χ1v) is 7.06. The number of nitrogens with zero attached hydrogens (tertiary/aromatic N) is 2. The van der Waals surface area contributed by atoms with Crippen LogP contribution in [0.3, 0.4) is 0 Å². The molecular formula is C16H23N3. The molecule has 0 radical (unpaired) electrons. The van der Waals surface area contributed by atoms with E-state index in [1.165, 1.54) is 24.0 Å². The summed E-state index contributed by atoms with van der Waals surface area (Å²) in [5, 5.41) is 3.42. The van der Waals surface area contributed by atoms with Crippen molar-refractivity contribution in [2.75, 3.05) is 11.9 Å². The van der Waals surface area contributed by atoms with Crippen LogP contribution in [0.4, 0.5) is 5.95 Å². The van der Waals surface area contributed by atoms with Crippen LogP contribution in [0.15, 0.2) is 36.7 Å². The number of hydrogen-bond acceptors (Lipinski definition) is 2. The van der Waals surface area contributed by atoms with Crippen molar-refractivity contribution in [3.8, 4) is 0 Å². The van der Waals surface area contributed by atoms with Gasteiger partial charge in [0.1, 0.15) is 0 Å². The van der Waals surface area contributed by atoms with Crippen LogP contribution in [0.2, 0.25) is 0 Å². The van der Waals surface area contributed by atoms with Crippen molar-refractivity contribution in [3.05, 3.63) is 47.8 Å². The zero-order chi connectivity index (χ0) is 13.7. The molecule has 1 atom stereocenters. The lowest BCUT2D eigenvalue weighted by molar-refractivity contribution is 0.638. The Kier molecular flexibility index (Phi) is 4.61. The maximum absolute atomic E-state index is 4.42. The predicted octanol–water partition coefficient (Wildman–Crippen LogP) is 4.01. The summed E-state index contributed by atoms with van der Waals surface area (Å²) in [6.45, 7) is 7.56. The lowest BCUT2D eigenvalue weighted by Gasteiger charge is -2.19. The third-order valence-electron chi connectivity index (χ3n) is 3.54. The predicted molar refractivity (Wildman–Crippen MR) is 80.6 cm³/mol. The third-order valence-corrected chi connectivity index (χ3v) is 3.54.